The Kier molecular flexibility index (Phi) is 4.46. The Morgan fingerprint density at radius 3 is 3.00 bits per heavy atom. The van der Waals surface area contributed by atoms with E-state index in [0.717, 1.165) is 17.6 Å². The Morgan fingerprint density at radius 1 is 1.44 bits per heavy atom. The minimum Gasteiger partial charge on any atom is -0.352 e. The van der Waals surface area contributed by atoms with Crippen molar-refractivity contribution < 1.29 is 4.79 Å². The average Bonchev–Trinajstić information content (AvgIpc) is 2.88. The Labute approximate surface area is 113 Å². The first-order valence-electron chi connectivity index (χ1n) is 5.63. The fourth-order valence-corrected chi connectivity index (χ4v) is 1.72. The van der Waals surface area contributed by atoms with Crippen LogP contribution >= 0.6 is 15.9 Å². The fraction of sp³-hybridized carbons (Fsp3) is 0.250. The topological polar surface area (TPSA) is 59.8 Å². The molecule has 0 fully saturated rings. The van der Waals surface area contributed by atoms with Gasteiger partial charge in [-0.05, 0) is 40.5 Å². The van der Waals surface area contributed by atoms with Gasteiger partial charge in [0.15, 0.2) is 0 Å². The fourth-order valence-electron chi connectivity index (χ4n) is 1.49. The average molecular weight is 309 g/mol. The van der Waals surface area contributed by atoms with Crippen molar-refractivity contribution in [1.29, 1.82) is 0 Å². The van der Waals surface area contributed by atoms with Crippen molar-refractivity contribution in [1.82, 2.24) is 20.1 Å². The number of aromatic nitrogens is 3. The molecule has 0 aliphatic carbocycles. The lowest BCUT2D eigenvalue weighted by Crippen LogP contribution is -2.25. The van der Waals surface area contributed by atoms with Gasteiger partial charge >= 0.3 is 0 Å². The Bertz CT molecular complexity index is 495. The molecular weight excluding hydrogens is 296 g/mol. The van der Waals surface area contributed by atoms with Crippen LogP contribution in [0.25, 0.3) is 0 Å². The summed E-state index contributed by atoms with van der Waals surface area (Å²) in [5, 5.41) is 6.94. The van der Waals surface area contributed by atoms with E-state index in [2.05, 4.69) is 31.3 Å². The highest BCUT2D eigenvalue weighted by atomic mass is 79.9. The lowest BCUT2D eigenvalue weighted by Gasteiger charge is -2.05. The number of pyridine rings is 1. The second-order valence-electron chi connectivity index (χ2n) is 3.75. The summed E-state index contributed by atoms with van der Waals surface area (Å²) in [5.41, 5.74) is 0.567. The maximum atomic E-state index is 11.7. The van der Waals surface area contributed by atoms with Crippen LogP contribution in [0.2, 0.25) is 0 Å². The van der Waals surface area contributed by atoms with Crippen molar-refractivity contribution >= 4 is 21.8 Å². The molecule has 1 N–H and O–H groups in total. The summed E-state index contributed by atoms with van der Waals surface area (Å²) in [5.74, 6) is -0.101. The van der Waals surface area contributed by atoms with Crippen LogP contribution in [-0.4, -0.2) is 27.2 Å². The number of aryl methyl sites for hydroxylation is 1. The number of carbonyl (C=O) groups is 1. The molecule has 0 spiro atoms. The number of halogens is 1. The van der Waals surface area contributed by atoms with Crippen molar-refractivity contribution in [3.8, 4) is 0 Å². The molecule has 0 atom stereocenters. The maximum absolute atomic E-state index is 11.7. The van der Waals surface area contributed by atoms with E-state index in [1.165, 1.54) is 0 Å². The van der Waals surface area contributed by atoms with Crippen LogP contribution < -0.4 is 5.32 Å². The van der Waals surface area contributed by atoms with Gasteiger partial charge in [-0.2, -0.15) is 5.10 Å². The summed E-state index contributed by atoms with van der Waals surface area (Å²) in [6, 6.07) is 5.37. The molecule has 0 saturated heterocycles. The van der Waals surface area contributed by atoms with Gasteiger partial charge in [-0.15, -0.1) is 0 Å². The van der Waals surface area contributed by atoms with Gasteiger partial charge in [-0.25, -0.2) is 4.98 Å². The highest BCUT2D eigenvalue weighted by Crippen LogP contribution is 2.06. The molecule has 0 aromatic carbocycles. The summed E-state index contributed by atoms with van der Waals surface area (Å²) in [6.07, 6.45) is 6.04. The highest BCUT2D eigenvalue weighted by Gasteiger charge is 2.04. The number of nitrogens with one attached hydrogen (secondary N) is 1. The van der Waals surface area contributed by atoms with Gasteiger partial charge in [0.05, 0.1) is 5.56 Å². The lowest BCUT2D eigenvalue weighted by molar-refractivity contribution is 0.0952. The Hall–Kier alpha value is -1.69. The summed E-state index contributed by atoms with van der Waals surface area (Å²) in [6.45, 7) is 1.42. The molecule has 2 aromatic heterocycles. The quantitative estimate of drug-likeness (QED) is 0.677. The van der Waals surface area contributed by atoms with Crippen LogP contribution in [0.4, 0.5) is 0 Å². The first-order chi connectivity index (χ1) is 8.75. The molecule has 2 heterocycles. The van der Waals surface area contributed by atoms with Crippen LogP contribution in [0.5, 0.6) is 0 Å². The lowest BCUT2D eigenvalue weighted by atomic mass is 10.2. The molecule has 0 saturated carbocycles. The smallest absolute Gasteiger partial charge is 0.252 e. The first kappa shape index (κ1) is 12.8. The van der Waals surface area contributed by atoms with Gasteiger partial charge in [0, 0.05) is 31.7 Å². The van der Waals surface area contributed by atoms with Crippen LogP contribution in [-0.2, 0) is 6.54 Å². The predicted octanol–water partition coefficient (Wildman–Crippen LogP) is 1.86. The summed E-state index contributed by atoms with van der Waals surface area (Å²) < 4.78 is 2.56. The van der Waals surface area contributed by atoms with E-state index in [9.17, 15) is 4.79 Å². The minimum atomic E-state index is -0.101. The van der Waals surface area contributed by atoms with E-state index >= 15 is 0 Å². The monoisotopic (exact) mass is 308 g/mol. The van der Waals surface area contributed by atoms with E-state index in [0.29, 0.717) is 12.1 Å². The van der Waals surface area contributed by atoms with Crippen molar-refractivity contribution in [2.75, 3.05) is 6.54 Å². The third kappa shape index (κ3) is 3.66. The number of rotatable bonds is 5. The van der Waals surface area contributed by atoms with Crippen molar-refractivity contribution in [2.45, 2.75) is 13.0 Å². The number of nitrogens with zero attached hydrogens (tertiary/aromatic N) is 3. The number of carbonyl (C=O) groups excluding carboxylic acids is 1. The van der Waals surface area contributed by atoms with Gasteiger partial charge < -0.3 is 5.32 Å². The van der Waals surface area contributed by atoms with Crippen molar-refractivity contribution in [3.05, 3.63) is 47.0 Å². The molecule has 0 radical (unpaired) electrons. The van der Waals surface area contributed by atoms with Crippen LogP contribution in [0.3, 0.4) is 0 Å². The molecule has 0 aliphatic heterocycles. The molecule has 0 aliphatic rings. The van der Waals surface area contributed by atoms with Crippen LogP contribution in [0.15, 0.2) is 41.4 Å². The maximum Gasteiger partial charge on any atom is 0.252 e. The first-order valence-corrected chi connectivity index (χ1v) is 6.42. The molecular formula is C12H13BrN4O. The van der Waals surface area contributed by atoms with Crippen molar-refractivity contribution in [3.63, 3.8) is 0 Å². The predicted molar refractivity (Wildman–Crippen MR) is 71.1 cm³/mol. The van der Waals surface area contributed by atoms with Gasteiger partial charge in [0.25, 0.3) is 5.91 Å². The largest absolute Gasteiger partial charge is 0.352 e. The number of hydrogen-bond donors (Lipinski definition) is 1. The molecule has 6 heteroatoms. The van der Waals surface area contributed by atoms with E-state index in [1.54, 1.807) is 24.5 Å². The van der Waals surface area contributed by atoms with E-state index in [4.69, 9.17) is 0 Å². The number of hydrogen-bond acceptors (Lipinski definition) is 3. The van der Waals surface area contributed by atoms with E-state index in [-0.39, 0.29) is 5.91 Å². The number of amides is 1. The van der Waals surface area contributed by atoms with E-state index < -0.39 is 0 Å². The van der Waals surface area contributed by atoms with Crippen LogP contribution in [0, 0.1) is 0 Å². The second kappa shape index (κ2) is 6.30. The van der Waals surface area contributed by atoms with Gasteiger partial charge in [0.2, 0.25) is 0 Å². The van der Waals surface area contributed by atoms with Crippen LogP contribution in [0.1, 0.15) is 16.8 Å². The van der Waals surface area contributed by atoms with E-state index in [1.807, 2.05) is 16.9 Å². The van der Waals surface area contributed by atoms with Gasteiger partial charge in [0.1, 0.15) is 4.60 Å². The molecule has 0 unspecified atom stereocenters. The van der Waals surface area contributed by atoms with Crippen molar-refractivity contribution in [2.24, 2.45) is 0 Å². The molecule has 1 amide bonds. The zero-order chi connectivity index (χ0) is 12.8. The molecule has 0 bridgehead atoms. The molecule has 5 nitrogen and oxygen atoms in total. The third-order valence-corrected chi connectivity index (χ3v) is 2.87. The highest BCUT2D eigenvalue weighted by molar-refractivity contribution is 9.10. The summed E-state index contributed by atoms with van der Waals surface area (Å²) in [4.78, 5) is 15.7. The summed E-state index contributed by atoms with van der Waals surface area (Å²) >= 11 is 3.23. The normalized spacial score (nSPS) is 10.3. The SMILES string of the molecule is O=C(NCCCn1cccn1)c1ccc(Br)nc1. The van der Waals surface area contributed by atoms with Gasteiger partial charge in [-0.3, -0.25) is 9.48 Å². The molecule has 18 heavy (non-hydrogen) atoms. The zero-order valence-corrected chi connectivity index (χ0v) is 11.3. The standard InChI is InChI=1S/C12H13BrN4O/c13-11-4-3-10(9-15-11)12(18)14-5-1-7-17-8-2-6-16-17/h2-4,6,8-9H,1,5,7H2,(H,14,18). The second-order valence-corrected chi connectivity index (χ2v) is 4.56. The Morgan fingerprint density at radius 2 is 2.33 bits per heavy atom. The minimum absolute atomic E-state index is 0.101. The molecule has 94 valence electrons. The molecule has 2 rings (SSSR count). The third-order valence-electron chi connectivity index (χ3n) is 2.40. The summed E-state index contributed by atoms with van der Waals surface area (Å²) in [7, 11) is 0. The Balaban J connectivity index is 1.73. The molecule has 2 aromatic rings. The van der Waals surface area contributed by atoms with Gasteiger partial charge in [-0.1, -0.05) is 0 Å². The zero-order valence-electron chi connectivity index (χ0n) is 9.71.